The number of alkyl halides is 3. The van der Waals surface area contributed by atoms with Gasteiger partial charge in [-0.2, -0.15) is 5.10 Å². The third-order valence-corrected chi connectivity index (χ3v) is 10.2. The summed E-state index contributed by atoms with van der Waals surface area (Å²) in [7, 11) is 0. The maximum atomic E-state index is 13.9. The van der Waals surface area contributed by atoms with E-state index in [-0.39, 0.29) is 17.2 Å². The Morgan fingerprint density at radius 3 is 2.56 bits per heavy atom. The summed E-state index contributed by atoms with van der Waals surface area (Å²) in [4.78, 5) is 45.3. The number of fused-ring (bicyclic) bond motifs is 5. The summed E-state index contributed by atoms with van der Waals surface area (Å²) in [6.45, 7) is 0. The first kappa shape index (κ1) is 33.7. The van der Waals surface area contributed by atoms with Gasteiger partial charge < -0.3 is 15.4 Å². The van der Waals surface area contributed by atoms with Crippen LogP contribution in [0.1, 0.15) is 59.3 Å². The number of hydrogen-bond acceptors (Lipinski definition) is 8. The van der Waals surface area contributed by atoms with E-state index in [0.29, 0.717) is 64.7 Å². The lowest BCUT2D eigenvalue weighted by Crippen LogP contribution is -2.36. The van der Waals surface area contributed by atoms with Crippen molar-refractivity contribution in [3.8, 4) is 45.3 Å². The zero-order chi connectivity index (χ0) is 37.2. The highest BCUT2D eigenvalue weighted by Gasteiger charge is 2.49. The summed E-state index contributed by atoms with van der Waals surface area (Å²) in [5.74, 6) is -0.906. The number of carbonyl (C=O) groups excluding carboxylic acids is 2. The van der Waals surface area contributed by atoms with Crippen LogP contribution in [0.25, 0.3) is 39.6 Å². The Kier molecular flexibility index (Phi) is 7.96. The van der Waals surface area contributed by atoms with Crippen molar-refractivity contribution in [2.45, 2.75) is 49.5 Å². The number of benzene rings is 2. The second-order valence-corrected chi connectivity index (χ2v) is 14.0. The molecule has 3 aliphatic rings. The normalized spacial score (nSPS) is 15.4. The largest absolute Gasteiger partial charge is 0.487 e. The Labute approximate surface area is 310 Å². The van der Waals surface area contributed by atoms with Gasteiger partial charge in [-0.15, -0.1) is 8.78 Å². The molecule has 2 N–H and O–H groups in total. The van der Waals surface area contributed by atoms with Gasteiger partial charge >= 0.3 is 5.57 Å². The maximum Gasteiger partial charge on any atom is 0.487 e. The van der Waals surface area contributed by atoms with E-state index in [2.05, 4.69) is 30.3 Å². The second-order valence-electron chi connectivity index (χ2n) is 13.5. The number of nitrogens with one attached hydrogen (secondary N) is 2. The van der Waals surface area contributed by atoms with Crippen LogP contribution in [0.5, 0.6) is 5.75 Å². The van der Waals surface area contributed by atoms with Gasteiger partial charge in [-0.1, -0.05) is 19.3 Å². The molecule has 6 aromatic rings. The lowest BCUT2D eigenvalue weighted by Gasteiger charge is -2.33. The third kappa shape index (κ3) is 6.01. The molecule has 1 fully saturated rings. The first-order chi connectivity index (χ1) is 26.0. The van der Waals surface area contributed by atoms with E-state index in [4.69, 9.17) is 21.7 Å². The summed E-state index contributed by atoms with van der Waals surface area (Å²) < 4.78 is 46.0. The third-order valence-electron chi connectivity index (χ3n) is 10.1. The van der Waals surface area contributed by atoms with Crippen molar-refractivity contribution in [1.29, 1.82) is 0 Å². The molecule has 2 aromatic carbocycles. The Morgan fingerprint density at radius 1 is 0.963 bits per heavy atom. The van der Waals surface area contributed by atoms with E-state index in [1.54, 1.807) is 35.3 Å². The number of hydrogen-bond donors (Lipinski definition) is 2. The SMILES string of the molecule is O=C(Nc1ccc(OC(F)(F)Cl)cc1)c1cc2c(c(-c3cnc4c(c3)-c3nn(-c5nccc(-c6cncc(F)c6)n5)cc3C4)c1)C1(CCCCC1)C(=O)N2. The smallest absolute Gasteiger partial charge is 0.420 e. The standard InChI is InChI=1S/C39H28ClF3N8O3/c40-39(42,43)54-27-6-4-26(5-7-27)47-35(52)21-13-28(33-32(15-21)48-36(53)38(33)9-2-1-3-10-38)22-14-29-31(46-18-22)16-24-20-51(50-34(24)29)37-45-11-8-30(49-37)23-12-25(41)19-44-17-23/h4-8,11-15,17-20H,1-3,9-10,16H2,(H,47,52)(H,48,53). The number of carbonyl (C=O) groups is 2. The summed E-state index contributed by atoms with van der Waals surface area (Å²) in [5.41, 5.74) is 3.07. The first-order valence-corrected chi connectivity index (χ1v) is 17.6. The van der Waals surface area contributed by atoms with E-state index >= 15 is 0 Å². The maximum absolute atomic E-state index is 13.9. The Hall–Kier alpha value is -6.15. The number of nitrogens with zero attached hydrogens (tertiary/aromatic N) is 6. The molecule has 15 heteroatoms. The quantitative estimate of drug-likeness (QED) is 0.156. The number of anilines is 2. The van der Waals surface area contributed by atoms with Gasteiger partial charge in [-0.25, -0.2) is 19.0 Å². The molecule has 5 heterocycles. The minimum absolute atomic E-state index is 0.0888. The fraction of sp³-hybridized carbons (Fsp3) is 0.205. The highest BCUT2D eigenvalue weighted by Crippen LogP contribution is 2.52. The lowest BCUT2D eigenvalue weighted by molar-refractivity contribution is -0.121. The van der Waals surface area contributed by atoms with E-state index < -0.39 is 22.7 Å². The number of halogens is 4. The molecule has 9 rings (SSSR count). The van der Waals surface area contributed by atoms with Crippen molar-refractivity contribution in [1.82, 2.24) is 29.7 Å². The minimum Gasteiger partial charge on any atom is -0.420 e. The molecule has 0 atom stereocenters. The Bertz CT molecular complexity index is 2500. The summed E-state index contributed by atoms with van der Waals surface area (Å²) in [6, 6.07) is 13.8. The molecule has 4 aromatic heterocycles. The van der Waals surface area contributed by atoms with Gasteiger partial charge in [-0.3, -0.25) is 19.6 Å². The highest BCUT2D eigenvalue weighted by atomic mass is 35.5. The molecule has 0 radical (unpaired) electrons. The average molecular weight is 749 g/mol. The monoisotopic (exact) mass is 748 g/mol. The molecule has 54 heavy (non-hydrogen) atoms. The van der Waals surface area contributed by atoms with E-state index in [1.165, 1.54) is 36.5 Å². The van der Waals surface area contributed by atoms with Gasteiger partial charge in [0.05, 0.1) is 28.7 Å². The first-order valence-electron chi connectivity index (χ1n) is 17.2. The van der Waals surface area contributed by atoms with Crippen LogP contribution in [0.15, 0.2) is 85.6 Å². The molecular weight excluding hydrogens is 721 g/mol. The van der Waals surface area contributed by atoms with Crippen LogP contribution in [-0.2, 0) is 16.6 Å². The van der Waals surface area contributed by atoms with Crippen LogP contribution in [-0.4, -0.2) is 47.1 Å². The van der Waals surface area contributed by atoms with Gasteiger partial charge in [-0.05, 0) is 78.6 Å². The lowest BCUT2D eigenvalue weighted by atomic mass is 9.68. The molecular formula is C39H28ClF3N8O3. The zero-order valence-corrected chi connectivity index (χ0v) is 29.0. The molecule has 11 nitrogen and oxygen atoms in total. The topological polar surface area (TPSA) is 137 Å². The molecule has 2 amide bonds. The van der Waals surface area contributed by atoms with Gasteiger partial charge in [0, 0.05) is 82.0 Å². The Morgan fingerprint density at radius 2 is 1.78 bits per heavy atom. The molecule has 0 bridgehead atoms. The van der Waals surface area contributed by atoms with Crippen molar-refractivity contribution in [2.75, 3.05) is 10.6 Å². The van der Waals surface area contributed by atoms with E-state index in [9.17, 15) is 22.8 Å². The predicted octanol–water partition coefficient (Wildman–Crippen LogP) is 8.07. The summed E-state index contributed by atoms with van der Waals surface area (Å²) in [5, 5.41) is 10.7. The molecule has 0 saturated heterocycles. The minimum atomic E-state index is -3.87. The molecule has 1 aliphatic heterocycles. The summed E-state index contributed by atoms with van der Waals surface area (Å²) >= 11 is 4.88. The fourth-order valence-corrected chi connectivity index (χ4v) is 7.84. The van der Waals surface area contributed by atoms with Crippen LogP contribution in [0, 0.1) is 5.82 Å². The van der Waals surface area contributed by atoms with Crippen LogP contribution in [0.4, 0.5) is 24.5 Å². The van der Waals surface area contributed by atoms with Crippen molar-refractivity contribution in [3.63, 3.8) is 0 Å². The molecule has 270 valence electrons. The second kappa shape index (κ2) is 12.8. The van der Waals surface area contributed by atoms with Crippen LogP contribution in [0.3, 0.4) is 0 Å². The number of pyridine rings is 2. The highest BCUT2D eigenvalue weighted by molar-refractivity contribution is 6.20. The average Bonchev–Trinajstić information content (AvgIpc) is 3.81. The number of rotatable bonds is 7. The Balaban J connectivity index is 1.08. The molecule has 1 saturated carbocycles. The van der Waals surface area contributed by atoms with Crippen LogP contribution >= 0.6 is 11.6 Å². The predicted molar refractivity (Wildman–Crippen MR) is 193 cm³/mol. The van der Waals surface area contributed by atoms with E-state index in [0.717, 1.165) is 47.8 Å². The van der Waals surface area contributed by atoms with Crippen molar-refractivity contribution in [3.05, 3.63) is 114 Å². The molecule has 2 aliphatic carbocycles. The van der Waals surface area contributed by atoms with Crippen LogP contribution < -0.4 is 15.4 Å². The van der Waals surface area contributed by atoms with Crippen molar-refractivity contribution in [2.24, 2.45) is 0 Å². The van der Waals surface area contributed by atoms with Gasteiger partial charge in [0.25, 0.3) is 11.9 Å². The fourth-order valence-electron chi connectivity index (χ4n) is 7.75. The number of aromatic nitrogens is 6. The van der Waals surface area contributed by atoms with Crippen molar-refractivity contribution < 1.29 is 27.5 Å². The van der Waals surface area contributed by atoms with Gasteiger partial charge in [0.2, 0.25) is 5.91 Å². The van der Waals surface area contributed by atoms with Gasteiger partial charge in [0.15, 0.2) is 0 Å². The van der Waals surface area contributed by atoms with Crippen LogP contribution in [0.2, 0.25) is 0 Å². The zero-order valence-electron chi connectivity index (χ0n) is 28.2. The van der Waals surface area contributed by atoms with Gasteiger partial charge in [0.1, 0.15) is 11.6 Å². The van der Waals surface area contributed by atoms with E-state index in [1.807, 2.05) is 12.3 Å². The number of ether oxygens (including phenoxy) is 1. The summed E-state index contributed by atoms with van der Waals surface area (Å²) in [6.07, 6.45) is 12.5. The van der Waals surface area contributed by atoms with Crippen molar-refractivity contribution >= 4 is 34.8 Å². The molecule has 1 spiro atoms. The number of amides is 2. The molecule has 0 unspecified atom stereocenters.